The van der Waals surface area contributed by atoms with Gasteiger partial charge in [-0.3, -0.25) is 10.1 Å². The van der Waals surface area contributed by atoms with Crippen LogP contribution in [0.1, 0.15) is 5.56 Å². The molecule has 0 aliphatic heterocycles. The van der Waals surface area contributed by atoms with Crippen LogP contribution in [0.2, 0.25) is 5.02 Å². The quantitative estimate of drug-likeness (QED) is 0.421. The third-order valence-corrected chi connectivity index (χ3v) is 1.75. The SMILES string of the molecule is N#Cc1cc([N+](=O)[O-])c(N)cc1Cl. The molecule has 0 heterocycles. The number of hydrogen-bond donors (Lipinski definition) is 1. The molecule has 13 heavy (non-hydrogen) atoms. The second-order valence-electron chi connectivity index (χ2n) is 2.26. The van der Waals surface area contributed by atoms with Crippen LogP contribution in [0.3, 0.4) is 0 Å². The summed E-state index contributed by atoms with van der Waals surface area (Å²) in [6, 6.07) is 3.97. The van der Waals surface area contributed by atoms with Gasteiger partial charge in [-0.2, -0.15) is 5.26 Å². The number of anilines is 1. The Bertz CT molecular complexity index is 411. The van der Waals surface area contributed by atoms with Crippen molar-refractivity contribution in [1.82, 2.24) is 0 Å². The minimum atomic E-state index is -0.660. The van der Waals surface area contributed by atoms with E-state index in [4.69, 9.17) is 22.6 Å². The Morgan fingerprint density at radius 1 is 1.62 bits per heavy atom. The molecule has 5 nitrogen and oxygen atoms in total. The lowest BCUT2D eigenvalue weighted by Crippen LogP contribution is -1.96. The highest BCUT2D eigenvalue weighted by molar-refractivity contribution is 6.32. The minimum absolute atomic E-state index is 0.0440. The van der Waals surface area contributed by atoms with Crippen molar-refractivity contribution in [3.8, 4) is 6.07 Å². The number of nitrogen functional groups attached to an aromatic ring is 1. The van der Waals surface area contributed by atoms with Gasteiger partial charge in [-0.15, -0.1) is 0 Å². The molecule has 66 valence electrons. The van der Waals surface area contributed by atoms with Crippen LogP contribution in [0.15, 0.2) is 12.1 Å². The molecule has 0 fully saturated rings. The Hall–Kier alpha value is -1.80. The number of benzene rings is 1. The van der Waals surface area contributed by atoms with Gasteiger partial charge < -0.3 is 5.73 Å². The first kappa shape index (κ1) is 9.29. The van der Waals surface area contributed by atoms with Gasteiger partial charge in [0, 0.05) is 6.07 Å². The predicted molar refractivity (Wildman–Crippen MR) is 47.2 cm³/mol. The lowest BCUT2D eigenvalue weighted by atomic mass is 10.2. The predicted octanol–water partition coefficient (Wildman–Crippen LogP) is 1.70. The highest BCUT2D eigenvalue weighted by atomic mass is 35.5. The minimum Gasteiger partial charge on any atom is -0.393 e. The molecule has 0 saturated heterocycles. The van der Waals surface area contributed by atoms with Gasteiger partial charge in [0.2, 0.25) is 0 Å². The molecule has 0 spiro atoms. The molecule has 2 N–H and O–H groups in total. The zero-order valence-electron chi connectivity index (χ0n) is 6.32. The molecule has 1 aromatic rings. The van der Waals surface area contributed by atoms with Crippen molar-refractivity contribution in [2.45, 2.75) is 0 Å². The number of nitro benzene ring substituents is 1. The number of nitrogens with zero attached hydrogens (tertiary/aromatic N) is 2. The molecule has 0 amide bonds. The standard InChI is InChI=1S/C7H4ClN3O2/c8-5-2-6(10)7(11(12)13)1-4(5)3-9/h1-2H,10H2. The van der Waals surface area contributed by atoms with E-state index in [9.17, 15) is 10.1 Å². The maximum absolute atomic E-state index is 10.4. The number of hydrogen-bond acceptors (Lipinski definition) is 4. The number of nitriles is 1. The second-order valence-corrected chi connectivity index (χ2v) is 2.67. The zero-order valence-corrected chi connectivity index (χ0v) is 7.08. The van der Waals surface area contributed by atoms with Gasteiger partial charge in [-0.05, 0) is 6.07 Å². The molecule has 0 aliphatic carbocycles. The molecule has 1 aromatic carbocycles. The van der Waals surface area contributed by atoms with Gasteiger partial charge in [0.1, 0.15) is 11.8 Å². The zero-order chi connectivity index (χ0) is 10.0. The van der Waals surface area contributed by atoms with E-state index in [1.807, 2.05) is 0 Å². The lowest BCUT2D eigenvalue weighted by molar-refractivity contribution is -0.383. The third-order valence-electron chi connectivity index (χ3n) is 1.43. The maximum atomic E-state index is 10.4. The summed E-state index contributed by atoms with van der Waals surface area (Å²) in [5, 5.41) is 19.0. The van der Waals surface area contributed by atoms with Crippen LogP contribution in [-0.2, 0) is 0 Å². The van der Waals surface area contributed by atoms with Crippen LogP contribution in [0.25, 0.3) is 0 Å². The van der Waals surface area contributed by atoms with E-state index in [0.29, 0.717) is 0 Å². The largest absolute Gasteiger partial charge is 0.393 e. The van der Waals surface area contributed by atoms with Crippen LogP contribution < -0.4 is 5.73 Å². The Morgan fingerprint density at radius 2 is 2.23 bits per heavy atom. The molecule has 0 bridgehead atoms. The van der Waals surface area contributed by atoms with E-state index in [2.05, 4.69) is 0 Å². The molecular weight excluding hydrogens is 194 g/mol. The first-order valence-corrected chi connectivity index (χ1v) is 3.57. The number of nitrogens with two attached hydrogens (primary N) is 1. The van der Waals surface area contributed by atoms with E-state index in [-0.39, 0.29) is 22.0 Å². The van der Waals surface area contributed by atoms with Gasteiger partial charge in [-0.1, -0.05) is 11.6 Å². The summed E-state index contributed by atoms with van der Waals surface area (Å²) in [7, 11) is 0. The van der Waals surface area contributed by atoms with Crippen molar-refractivity contribution in [3.05, 3.63) is 32.8 Å². The lowest BCUT2D eigenvalue weighted by Gasteiger charge is -1.98. The Kier molecular flexibility index (Phi) is 2.35. The fourth-order valence-electron chi connectivity index (χ4n) is 0.821. The van der Waals surface area contributed by atoms with Crippen molar-refractivity contribution in [2.75, 3.05) is 5.73 Å². The Labute approximate surface area is 78.5 Å². The van der Waals surface area contributed by atoms with Gasteiger partial charge >= 0.3 is 0 Å². The van der Waals surface area contributed by atoms with E-state index in [0.717, 1.165) is 6.07 Å². The molecule has 0 atom stereocenters. The van der Waals surface area contributed by atoms with Crippen molar-refractivity contribution in [1.29, 1.82) is 5.26 Å². The molecule has 0 radical (unpaired) electrons. The van der Waals surface area contributed by atoms with Crippen LogP contribution in [0, 0.1) is 21.4 Å². The second kappa shape index (κ2) is 3.29. The van der Waals surface area contributed by atoms with Crippen LogP contribution in [0.5, 0.6) is 0 Å². The summed E-state index contributed by atoms with van der Waals surface area (Å²) >= 11 is 5.58. The average molecular weight is 198 g/mol. The molecule has 0 aliphatic rings. The summed E-state index contributed by atoms with van der Waals surface area (Å²) in [5.41, 5.74) is 5.00. The highest BCUT2D eigenvalue weighted by Gasteiger charge is 2.14. The molecular formula is C7H4ClN3O2. The summed E-state index contributed by atoms with van der Waals surface area (Å²) in [4.78, 5) is 9.71. The van der Waals surface area contributed by atoms with Crippen molar-refractivity contribution in [3.63, 3.8) is 0 Å². The van der Waals surface area contributed by atoms with Gasteiger partial charge in [0.05, 0.1) is 15.5 Å². The van der Waals surface area contributed by atoms with Crippen LogP contribution >= 0.6 is 11.6 Å². The van der Waals surface area contributed by atoms with E-state index >= 15 is 0 Å². The van der Waals surface area contributed by atoms with E-state index in [1.54, 1.807) is 6.07 Å². The van der Waals surface area contributed by atoms with Crippen molar-refractivity contribution in [2.24, 2.45) is 0 Å². The molecule has 0 saturated carbocycles. The Balaban J connectivity index is 3.41. The van der Waals surface area contributed by atoms with E-state index < -0.39 is 4.92 Å². The summed E-state index contributed by atoms with van der Waals surface area (Å²) in [5.74, 6) is 0. The summed E-state index contributed by atoms with van der Waals surface area (Å²) in [6.45, 7) is 0. The average Bonchev–Trinajstić information content (AvgIpc) is 2.03. The van der Waals surface area contributed by atoms with Gasteiger partial charge in [0.15, 0.2) is 0 Å². The Morgan fingerprint density at radius 3 is 2.69 bits per heavy atom. The first-order chi connectivity index (χ1) is 6.06. The molecule has 1 rings (SSSR count). The number of rotatable bonds is 1. The van der Waals surface area contributed by atoms with Gasteiger partial charge in [-0.25, -0.2) is 0 Å². The molecule has 0 aromatic heterocycles. The van der Waals surface area contributed by atoms with Crippen molar-refractivity contribution >= 4 is 23.0 Å². The fourth-order valence-corrected chi connectivity index (χ4v) is 1.04. The number of nitro groups is 1. The molecule has 0 unspecified atom stereocenters. The van der Waals surface area contributed by atoms with Crippen LogP contribution in [0.4, 0.5) is 11.4 Å². The normalized spacial score (nSPS) is 9.23. The number of halogens is 1. The van der Waals surface area contributed by atoms with E-state index in [1.165, 1.54) is 6.07 Å². The third kappa shape index (κ3) is 1.68. The van der Waals surface area contributed by atoms with Crippen LogP contribution in [-0.4, -0.2) is 4.92 Å². The smallest absolute Gasteiger partial charge is 0.293 e. The monoisotopic (exact) mass is 197 g/mol. The van der Waals surface area contributed by atoms with Crippen molar-refractivity contribution < 1.29 is 4.92 Å². The summed E-state index contributed by atoms with van der Waals surface area (Å²) in [6.07, 6.45) is 0. The van der Waals surface area contributed by atoms with Gasteiger partial charge in [0.25, 0.3) is 5.69 Å². The maximum Gasteiger partial charge on any atom is 0.293 e. The summed E-state index contributed by atoms with van der Waals surface area (Å²) < 4.78 is 0. The first-order valence-electron chi connectivity index (χ1n) is 3.19. The fraction of sp³-hybridized carbons (Fsp3) is 0. The topological polar surface area (TPSA) is 92.9 Å². The molecule has 6 heteroatoms. The highest BCUT2D eigenvalue weighted by Crippen LogP contribution is 2.28.